The molecule has 0 bridgehead atoms. The molecule has 2 rings (SSSR count). The van der Waals surface area contributed by atoms with Crippen molar-refractivity contribution in [2.45, 2.75) is 32.8 Å². The first kappa shape index (κ1) is 19.6. The SMILES string of the molecule is CC(O)CNc1nc(F)c(Cl)c(Oc2ccc(O)c(C(C)C)c2)c1Cl. The lowest BCUT2D eigenvalue weighted by atomic mass is 10.0. The van der Waals surface area contributed by atoms with Gasteiger partial charge in [0.1, 0.15) is 21.5 Å². The number of hydrogen-bond donors (Lipinski definition) is 3. The molecule has 1 aromatic heterocycles. The van der Waals surface area contributed by atoms with Crippen LogP contribution in [0.2, 0.25) is 10.0 Å². The van der Waals surface area contributed by atoms with E-state index in [0.29, 0.717) is 11.3 Å². The van der Waals surface area contributed by atoms with Crippen LogP contribution in [0.5, 0.6) is 17.2 Å². The Morgan fingerprint density at radius 1 is 1.24 bits per heavy atom. The van der Waals surface area contributed by atoms with E-state index in [1.165, 1.54) is 12.1 Å². The summed E-state index contributed by atoms with van der Waals surface area (Å²) in [5.41, 5.74) is 0.673. The molecule has 0 aliphatic carbocycles. The summed E-state index contributed by atoms with van der Waals surface area (Å²) in [6.07, 6.45) is -0.674. The lowest BCUT2D eigenvalue weighted by Crippen LogP contribution is -2.16. The average molecular weight is 389 g/mol. The number of phenols is 1. The van der Waals surface area contributed by atoms with Gasteiger partial charge in [-0.05, 0) is 31.0 Å². The van der Waals surface area contributed by atoms with Crippen LogP contribution >= 0.6 is 23.2 Å². The normalized spacial score (nSPS) is 12.3. The van der Waals surface area contributed by atoms with Gasteiger partial charge in [-0.2, -0.15) is 9.37 Å². The summed E-state index contributed by atoms with van der Waals surface area (Å²) in [4.78, 5) is 3.63. The lowest BCUT2D eigenvalue weighted by molar-refractivity contribution is 0.208. The number of pyridine rings is 1. The van der Waals surface area contributed by atoms with Gasteiger partial charge >= 0.3 is 0 Å². The number of rotatable bonds is 6. The van der Waals surface area contributed by atoms with Gasteiger partial charge in [0.05, 0.1) is 6.10 Å². The third-order valence-electron chi connectivity index (χ3n) is 3.40. The summed E-state index contributed by atoms with van der Waals surface area (Å²) in [5, 5.41) is 21.6. The van der Waals surface area contributed by atoms with E-state index in [4.69, 9.17) is 27.9 Å². The summed E-state index contributed by atoms with van der Waals surface area (Å²) in [6.45, 7) is 5.53. The number of aliphatic hydroxyl groups is 1. The number of aromatic hydroxyl groups is 1. The van der Waals surface area contributed by atoms with E-state index in [2.05, 4.69) is 10.3 Å². The molecule has 0 radical (unpaired) electrons. The average Bonchev–Trinajstić information content (AvgIpc) is 2.54. The van der Waals surface area contributed by atoms with Crippen molar-refractivity contribution in [1.29, 1.82) is 0 Å². The van der Waals surface area contributed by atoms with Crippen LogP contribution in [-0.4, -0.2) is 27.8 Å². The summed E-state index contributed by atoms with van der Waals surface area (Å²) in [6, 6.07) is 4.64. The van der Waals surface area contributed by atoms with Crippen LogP contribution in [0.1, 0.15) is 32.3 Å². The summed E-state index contributed by atoms with van der Waals surface area (Å²) in [5.74, 6) is -0.479. The Balaban J connectivity index is 2.40. The van der Waals surface area contributed by atoms with E-state index in [9.17, 15) is 14.6 Å². The van der Waals surface area contributed by atoms with Crippen molar-refractivity contribution in [3.8, 4) is 17.2 Å². The Hall–Kier alpha value is -1.76. The van der Waals surface area contributed by atoms with E-state index in [-0.39, 0.29) is 39.8 Å². The topological polar surface area (TPSA) is 74.6 Å². The molecule has 2 aromatic rings. The van der Waals surface area contributed by atoms with Crippen molar-refractivity contribution in [1.82, 2.24) is 4.98 Å². The predicted octanol–water partition coefficient (Wildman–Crippen LogP) is 4.94. The molecule has 5 nitrogen and oxygen atoms in total. The molecule has 1 heterocycles. The Morgan fingerprint density at radius 3 is 2.52 bits per heavy atom. The number of aliphatic hydroxyl groups excluding tert-OH is 1. The number of nitrogens with one attached hydrogen (secondary N) is 1. The van der Waals surface area contributed by atoms with E-state index in [1.807, 2.05) is 13.8 Å². The monoisotopic (exact) mass is 388 g/mol. The van der Waals surface area contributed by atoms with Crippen LogP contribution in [0.15, 0.2) is 18.2 Å². The van der Waals surface area contributed by atoms with Crippen molar-refractivity contribution in [2.24, 2.45) is 0 Å². The number of ether oxygens (including phenoxy) is 1. The molecule has 0 saturated carbocycles. The number of aromatic nitrogens is 1. The van der Waals surface area contributed by atoms with E-state index < -0.39 is 12.1 Å². The number of benzene rings is 1. The first-order chi connectivity index (χ1) is 11.7. The maximum Gasteiger partial charge on any atom is 0.237 e. The standard InChI is InChI=1S/C17H19Cl2FN2O3/c1-8(2)11-6-10(4-5-12(11)24)25-15-13(18)16(20)22-17(14(15)19)21-7-9(3)23/h4-6,8-9,23-24H,7H2,1-3H3,(H,21,22). The van der Waals surface area contributed by atoms with Gasteiger partial charge < -0.3 is 20.3 Å². The quantitative estimate of drug-likeness (QED) is 0.610. The molecule has 0 saturated heterocycles. The van der Waals surface area contributed by atoms with E-state index >= 15 is 0 Å². The number of phenolic OH excluding ortho intramolecular Hbond substituents is 1. The van der Waals surface area contributed by atoms with Crippen molar-refractivity contribution in [2.75, 3.05) is 11.9 Å². The Bertz CT molecular complexity index is 770. The third kappa shape index (κ3) is 4.66. The second kappa shape index (κ2) is 8.08. The number of hydrogen-bond acceptors (Lipinski definition) is 5. The number of nitrogens with zero attached hydrogens (tertiary/aromatic N) is 1. The van der Waals surface area contributed by atoms with Crippen LogP contribution in [0.25, 0.3) is 0 Å². The van der Waals surface area contributed by atoms with Gasteiger partial charge in [0, 0.05) is 12.1 Å². The summed E-state index contributed by atoms with van der Waals surface area (Å²) in [7, 11) is 0. The molecule has 3 N–H and O–H groups in total. The maximum atomic E-state index is 14.0. The Morgan fingerprint density at radius 2 is 1.92 bits per heavy atom. The van der Waals surface area contributed by atoms with Gasteiger partial charge in [0.2, 0.25) is 5.95 Å². The molecule has 0 fully saturated rings. The van der Waals surface area contributed by atoms with Gasteiger partial charge in [0.15, 0.2) is 11.6 Å². The minimum Gasteiger partial charge on any atom is -0.508 e. The molecule has 0 aliphatic rings. The summed E-state index contributed by atoms with van der Waals surface area (Å²) < 4.78 is 19.7. The molecule has 0 amide bonds. The molecule has 1 atom stereocenters. The fraction of sp³-hybridized carbons (Fsp3) is 0.353. The molecule has 0 spiro atoms. The smallest absolute Gasteiger partial charge is 0.237 e. The third-order valence-corrected chi connectivity index (χ3v) is 4.08. The molecular formula is C17H19Cl2FN2O3. The highest BCUT2D eigenvalue weighted by Gasteiger charge is 2.20. The van der Waals surface area contributed by atoms with Crippen LogP contribution in [0.3, 0.4) is 0 Å². The highest BCUT2D eigenvalue weighted by molar-refractivity contribution is 6.38. The van der Waals surface area contributed by atoms with Crippen LogP contribution in [0, 0.1) is 5.95 Å². The molecular weight excluding hydrogens is 370 g/mol. The van der Waals surface area contributed by atoms with E-state index in [1.54, 1.807) is 13.0 Å². The van der Waals surface area contributed by atoms with Gasteiger partial charge in [-0.15, -0.1) is 0 Å². The number of anilines is 1. The minimum atomic E-state index is -0.947. The molecule has 0 aliphatic heterocycles. The predicted molar refractivity (Wildman–Crippen MR) is 96.7 cm³/mol. The molecule has 136 valence electrons. The van der Waals surface area contributed by atoms with Gasteiger partial charge in [-0.3, -0.25) is 0 Å². The van der Waals surface area contributed by atoms with Crippen LogP contribution in [-0.2, 0) is 0 Å². The fourth-order valence-corrected chi connectivity index (χ4v) is 2.59. The fourth-order valence-electron chi connectivity index (χ4n) is 2.12. The van der Waals surface area contributed by atoms with Crippen molar-refractivity contribution in [3.05, 3.63) is 39.8 Å². The largest absolute Gasteiger partial charge is 0.508 e. The van der Waals surface area contributed by atoms with Crippen LogP contribution in [0.4, 0.5) is 10.2 Å². The zero-order valence-corrected chi connectivity index (χ0v) is 15.5. The van der Waals surface area contributed by atoms with Crippen molar-refractivity contribution >= 4 is 29.0 Å². The van der Waals surface area contributed by atoms with Crippen LogP contribution < -0.4 is 10.1 Å². The second-order valence-corrected chi connectivity index (χ2v) is 6.67. The molecule has 1 unspecified atom stereocenters. The maximum absolute atomic E-state index is 14.0. The lowest BCUT2D eigenvalue weighted by Gasteiger charge is -2.16. The van der Waals surface area contributed by atoms with Gasteiger partial charge in [-0.25, -0.2) is 0 Å². The molecule has 25 heavy (non-hydrogen) atoms. The highest BCUT2D eigenvalue weighted by Crippen LogP contribution is 2.42. The second-order valence-electron chi connectivity index (χ2n) is 5.92. The number of halogens is 3. The first-order valence-corrected chi connectivity index (χ1v) is 8.43. The van der Waals surface area contributed by atoms with Crippen molar-refractivity contribution < 1.29 is 19.3 Å². The highest BCUT2D eigenvalue weighted by atomic mass is 35.5. The Kier molecular flexibility index (Phi) is 6.32. The zero-order chi connectivity index (χ0) is 18.7. The Labute approximate surface area is 155 Å². The van der Waals surface area contributed by atoms with Gasteiger partial charge in [-0.1, -0.05) is 37.0 Å². The van der Waals surface area contributed by atoms with Crippen molar-refractivity contribution in [3.63, 3.8) is 0 Å². The zero-order valence-electron chi connectivity index (χ0n) is 14.0. The minimum absolute atomic E-state index is 0.00813. The summed E-state index contributed by atoms with van der Waals surface area (Å²) >= 11 is 12.2. The molecule has 8 heteroatoms. The first-order valence-electron chi connectivity index (χ1n) is 7.67. The van der Waals surface area contributed by atoms with E-state index in [0.717, 1.165) is 0 Å². The van der Waals surface area contributed by atoms with Gasteiger partial charge in [0.25, 0.3) is 0 Å². The molecule has 1 aromatic carbocycles.